The number of hydrogen-bond donors (Lipinski definition) is 1. The minimum absolute atomic E-state index is 0. The van der Waals surface area contributed by atoms with Crippen molar-refractivity contribution < 1.29 is 4.79 Å². The zero-order valence-electron chi connectivity index (χ0n) is 15.5. The molecule has 0 saturated carbocycles. The molecule has 1 fully saturated rings. The third kappa shape index (κ3) is 4.22. The molecule has 1 saturated heterocycles. The third-order valence-corrected chi connectivity index (χ3v) is 5.13. The van der Waals surface area contributed by atoms with Crippen molar-refractivity contribution in [3.05, 3.63) is 41.7 Å². The van der Waals surface area contributed by atoms with E-state index in [-0.39, 0.29) is 29.8 Å². The molecule has 0 spiro atoms. The molecule has 2 unspecified atom stereocenters. The summed E-state index contributed by atoms with van der Waals surface area (Å²) in [6.45, 7) is 7.38. The minimum atomic E-state index is -0.442. The van der Waals surface area contributed by atoms with Crippen molar-refractivity contribution >= 4 is 18.3 Å². The number of piperidine rings is 1. The zero-order valence-corrected chi connectivity index (χ0v) is 16.3. The Morgan fingerprint density at radius 1 is 1.35 bits per heavy atom. The molecule has 0 bridgehead atoms. The zero-order chi connectivity index (χ0) is 18.0. The van der Waals surface area contributed by atoms with Crippen molar-refractivity contribution in [1.29, 1.82) is 0 Å². The lowest BCUT2D eigenvalue weighted by molar-refractivity contribution is -0.138. The lowest BCUT2D eigenvalue weighted by atomic mass is 9.79. The average Bonchev–Trinajstić information content (AvgIpc) is 3.01. The van der Waals surface area contributed by atoms with Gasteiger partial charge in [0.25, 0.3) is 0 Å². The van der Waals surface area contributed by atoms with Gasteiger partial charge in [-0.25, -0.2) is 4.68 Å². The summed E-state index contributed by atoms with van der Waals surface area (Å²) in [5.74, 6) is 0.696. The number of aryl methyl sites for hydroxylation is 1. The van der Waals surface area contributed by atoms with Gasteiger partial charge in [0.1, 0.15) is 11.9 Å². The van der Waals surface area contributed by atoms with Crippen LogP contribution in [-0.4, -0.2) is 50.1 Å². The SMILES string of the molecule is Cc1nnnn1C(Cc1ccccc1)C(=O)N1CCC(N)C(C)(C)C1.Cl. The number of carbonyl (C=O) groups excluding carboxylic acids is 1. The molecular weight excluding hydrogens is 352 g/mol. The summed E-state index contributed by atoms with van der Waals surface area (Å²) < 4.78 is 1.64. The quantitative estimate of drug-likeness (QED) is 0.875. The number of nitrogens with two attached hydrogens (primary N) is 1. The van der Waals surface area contributed by atoms with Crippen LogP contribution in [0.4, 0.5) is 0 Å². The number of tetrazole rings is 1. The number of halogens is 1. The Labute approximate surface area is 160 Å². The van der Waals surface area contributed by atoms with Gasteiger partial charge in [0.2, 0.25) is 5.91 Å². The van der Waals surface area contributed by atoms with E-state index < -0.39 is 6.04 Å². The van der Waals surface area contributed by atoms with Crippen molar-refractivity contribution in [3.63, 3.8) is 0 Å². The molecule has 8 heteroatoms. The summed E-state index contributed by atoms with van der Waals surface area (Å²) in [6.07, 6.45) is 1.37. The number of nitrogens with zero attached hydrogens (tertiary/aromatic N) is 5. The molecule has 2 heterocycles. The van der Waals surface area contributed by atoms with E-state index in [1.165, 1.54) is 0 Å². The Morgan fingerprint density at radius 2 is 2.04 bits per heavy atom. The van der Waals surface area contributed by atoms with Gasteiger partial charge in [0, 0.05) is 25.6 Å². The highest BCUT2D eigenvalue weighted by molar-refractivity contribution is 5.85. The molecule has 1 amide bonds. The summed E-state index contributed by atoms with van der Waals surface area (Å²) in [5, 5.41) is 11.7. The van der Waals surface area contributed by atoms with Crippen molar-refractivity contribution in [2.24, 2.45) is 11.1 Å². The van der Waals surface area contributed by atoms with Crippen LogP contribution in [0.2, 0.25) is 0 Å². The molecule has 0 aliphatic carbocycles. The van der Waals surface area contributed by atoms with Crippen LogP contribution in [0.3, 0.4) is 0 Å². The molecule has 1 aromatic heterocycles. The average molecular weight is 379 g/mol. The summed E-state index contributed by atoms with van der Waals surface area (Å²) in [4.78, 5) is 15.2. The first-order chi connectivity index (χ1) is 11.9. The Kier molecular flexibility index (Phi) is 6.36. The highest BCUT2D eigenvalue weighted by Gasteiger charge is 2.38. The Bertz CT molecular complexity index is 732. The van der Waals surface area contributed by atoms with E-state index in [1.807, 2.05) is 42.2 Å². The second-order valence-electron chi connectivity index (χ2n) is 7.52. The first-order valence-electron chi connectivity index (χ1n) is 8.71. The van der Waals surface area contributed by atoms with Crippen LogP contribution >= 0.6 is 12.4 Å². The maximum atomic E-state index is 13.3. The summed E-state index contributed by atoms with van der Waals surface area (Å²) in [6, 6.07) is 9.64. The maximum Gasteiger partial charge on any atom is 0.247 e. The number of rotatable bonds is 4. The summed E-state index contributed by atoms with van der Waals surface area (Å²) in [7, 11) is 0. The topological polar surface area (TPSA) is 89.9 Å². The van der Waals surface area contributed by atoms with Crippen LogP contribution in [0.1, 0.15) is 37.7 Å². The van der Waals surface area contributed by atoms with Gasteiger partial charge in [0.15, 0.2) is 0 Å². The van der Waals surface area contributed by atoms with Crippen LogP contribution < -0.4 is 5.73 Å². The van der Waals surface area contributed by atoms with E-state index in [2.05, 4.69) is 29.4 Å². The highest BCUT2D eigenvalue weighted by atomic mass is 35.5. The van der Waals surface area contributed by atoms with E-state index in [4.69, 9.17) is 5.73 Å². The number of aromatic nitrogens is 4. The molecule has 2 aromatic rings. The first-order valence-corrected chi connectivity index (χ1v) is 8.71. The second-order valence-corrected chi connectivity index (χ2v) is 7.52. The fourth-order valence-corrected chi connectivity index (χ4v) is 3.41. The van der Waals surface area contributed by atoms with Crippen molar-refractivity contribution in [2.75, 3.05) is 13.1 Å². The molecule has 1 aliphatic heterocycles. The molecule has 1 aromatic carbocycles. The van der Waals surface area contributed by atoms with Crippen molar-refractivity contribution in [3.8, 4) is 0 Å². The van der Waals surface area contributed by atoms with E-state index >= 15 is 0 Å². The Hall–Kier alpha value is -1.99. The number of benzene rings is 1. The predicted molar refractivity (Wildman–Crippen MR) is 102 cm³/mol. The van der Waals surface area contributed by atoms with Gasteiger partial charge in [-0.1, -0.05) is 44.2 Å². The smallest absolute Gasteiger partial charge is 0.247 e. The molecule has 142 valence electrons. The lowest BCUT2D eigenvalue weighted by Crippen LogP contribution is -2.55. The van der Waals surface area contributed by atoms with E-state index in [9.17, 15) is 4.79 Å². The standard InChI is InChI=1S/C18H26N6O.ClH/c1-13-20-21-22-24(13)15(11-14-7-5-4-6-8-14)17(25)23-10-9-16(19)18(2,3)12-23;/h4-8,15-16H,9-12,19H2,1-3H3;1H. The van der Waals surface area contributed by atoms with Gasteiger partial charge in [-0.15, -0.1) is 17.5 Å². The number of likely N-dealkylation sites (tertiary alicyclic amines) is 1. The van der Waals surface area contributed by atoms with Crippen molar-refractivity contribution in [2.45, 2.75) is 45.7 Å². The number of hydrogen-bond acceptors (Lipinski definition) is 5. The van der Waals surface area contributed by atoms with Crippen LogP contribution in [0.25, 0.3) is 0 Å². The second kappa shape index (κ2) is 8.14. The third-order valence-electron chi connectivity index (χ3n) is 5.13. The molecule has 2 N–H and O–H groups in total. The number of amides is 1. The molecule has 0 radical (unpaired) electrons. The Balaban J connectivity index is 0.00000243. The summed E-state index contributed by atoms with van der Waals surface area (Å²) >= 11 is 0. The predicted octanol–water partition coefficient (Wildman–Crippen LogP) is 1.77. The first kappa shape index (κ1) is 20.3. The largest absolute Gasteiger partial charge is 0.340 e. The van der Waals surface area contributed by atoms with Gasteiger partial charge in [-0.2, -0.15) is 0 Å². The minimum Gasteiger partial charge on any atom is -0.340 e. The van der Waals surface area contributed by atoms with Gasteiger partial charge in [0.05, 0.1) is 0 Å². The molecule has 2 atom stereocenters. The maximum absolute atomic E-state index is 13.3. The van der Waals surface area contributed by atoms with Gasteiger partial charge < -0.3 is 10.6 Å². The molecule has 7 nitrogen and oxygen atoms in total. The van der Waals surface area contributed by atoms with E-state index in [1.54, 1.807) is 4.68 Å². The van der Waals surface area contributed by atoms with Gasteiger partial charge in [-0.3, -0.25) is 4.79 Å². The van der Waals surface area contributed by atoms with Gasteiger partial charge >= 0.3 is 0 Å². The fourth-order valence-electron chi connectivity index (χ4n) is 3.41. The van der Waals surface area contributed by atoms with Crippen LogP contribution in [0.15, 0.2) is 30.3 Å². The highest BCUT2D eigenvalue weighted by Crippen LogP contribution is 2.29. The number of carbonyl (C=O) groups is 1. The van der Waals surface area contributed by atoms with E-state index in [0.717, 1.165) is 12.0 Å². The van der Waals surface area contributed by atoms with E-state index in [0.29, 0.717) is 25.3 Å². The van der Waals surface area contributed by atoms with Crippen LogP contribution in [0.5, 0.6) is 0 Å². The molecular formula is C18H27ClN6O. The Morgan fingerprint density at radius 3 is 2.62 bits per heavy atom. The van der Waals surface area contributed by atoms with Gasteiger partial charge in [-0.05, 0) is 34.7 Å². The molecule has 26 heavy (non-hydrogen) atoms. The van der Waals surface area contributed by atoms with Crippen molar-refractivity contribution in [1.82, 2.24) is 25.1 Å². The fraction of sp³-hybridized carbons (Fsp3) is 0.556. The monoisotopic (exact) mass is 378 g/mol. The molecule has 3 rings (SSSR count). The summed E-state index contributed by atoms with van der Waals surface area (Å²) in [5.41, 5.74) is 7.21. The van der Waals surface area contributed by atoms with Crippen LogP contribution in [0, 0.1) is 12.3 Å². The lowest BCUT2D eigenvalue weighted by Gasteiger charge is -2.43. The normalized spacial score (nSPS) is 20.3. The molecule has 1 aliphatic rings. The van der Waals surface area contributed by atoms with Crippen LogP contribution in [-0.2, 0) is 11.2 Å².